The van der Waals surface area contributed by atoms with E-state index in [0.717, 1.165) is 48.3 Å². The molecule has 1 aromatic carbocycles. The average Bonchev–Trinajstić information content (AvgIpc) is 2.89. The molecular formula is C14H16ClN3S. The molecule has 0 aliphatic carbocycles. The number of nitrogens with one attached hydrogen (secondary N) is 1. The molecule has 1 N–H and O–H groups in total. The van der Waals surface area contributed by atoms with Crippen molar-refractivity contribution >= 4 is 22.9 Å². The molecule has 3 nitrogen and oxygen atoms in total. The van der Waals surface area contributed by atoms with Crippen molar-refractivity contribution in [1.82, 2.24) is 15.2 Å². The standard InChI is InChI=1S/C14H16ClN3S/c15-13-4-2-1-3-12(13)14-17-9-11(19-14)10-18-7-5-16-6-8-18/h1-4,9,16H,5-8,10H2. The highest BCUT2D eigenvalue weighted by Gasteiger charge is 2.13. The second-order valence-electron chi connectivity index (χ2n) is 4.64. The van der Waals surface area contributed by atoms with E-state index in [2.05, 4.69) is 15.2 Å². The van der Waals surface area contributed by atoms with Crippen LogP contribution in [0.2, 0.25) is 5.02 Å². The third-order valence-corrected chi connectivity index (χ3v) is 4.59. The summed E-state index contributed by atoms with van der Waals surface area (Å²) in [5, 5.41) is 5.15. The first-order valence-electron chi connectivity index (χ1n) is 6.45. The van der Waals surface area contributed by atoms with E-state index in [1.807, 2.05) is 30.5 Å². The van der Waals surface area contributed by atoms with Gasteiger partial charge < -0.3 is 5.32 Å². The summed E-state index contributed by atoms with van der Waals surface area (Å²) in [6.07, 6.45) is 1.98. The van der Waals surface area contributed by atoms with E-state index >= 15 is 0 Å². The number of aromatic nitrogens is 1. The molecule has 0 unspecified atom stereocenters. The quantitative estimate of drug-likeness (QED) is 0.943. The van der Waals surface area contributed by atoms with Crippen molar-refractivity contribution in [2.24, 2.45) is 0 Å². The van der Waals surface area contributed by atoms with Crippen LogP contribution in [0.5, 0.6) is 0 Å². The molecule has 5 heteroatoms. The molecule has 1 aromatic heterocycles. The van der Waals surface area contributed by atoms with Crippen LogP contribution < -0.4 is 5.32 Å². The minimum absolute atomic E-state index is 0.769. The van der Waals surface area contributed by atoms with Gasteiger partial charge in [-0.25, -0.2) is 4.98 Å². The van der Waals surface area contributed by atoms with Crippen LogP contribution in [0, 0.1) is 0 Å². The summed E-state index contributed by atoms with van der Waals surface area (Å²) in [7, 11) is 0. The Morgan fingerprint density at radius 2 is 2.05 bits per heavy atom. The van der Waals surface area contributed by atoms with Gasteiger partial charge in [0, 0.05) is 49.4 Å². The predicted molar refractivity (Wildman–Crippen MR) is 80.7 cm³/mol. The monoisotopic (exact) mass is 293 g/mol. The van der Waals surface area contributed by atoms with Crippen LogP contribution in [-0.4, -0.2) is 36.1 Å². The van der Waals surface area contributed by atoms with Gasteiger partial charge in [0.25, 0.3) is 0 Å². The molecule has 1 fully saturated rings. The summed E-state index contributed by atoms with van der Waals surface area (Å²) in [5.41, 5.74) is 1.03. The van der Waals surface area contributed by atoms with E-state index in [1.165, 1.54) is 4.88 Å². The average molecular weight is 294 g/mol. The number of piperazine rings is 1. The first-order valence-corrected chi connectivity index (χ1v) is 7.65. The molecule has 1 aliphatic rings. The first kappa shape index (κ1) is 13.1. The lowest BCUT2D eigenvalue weighted by Gasteiger charge is -2.26. The normalized spacial score (nSPS) is 16.7. The van der Waals surface area contributed by atoms with Crippen LogP contribution in [0.4, 0.5) is 0 Å². The molecule has 2 aromatic rings. The van der Waals surface area contributed by atoms with Gasteiger partial charge in [0.15, 0.2) is 0 Å². The molecule has 0 spiro atoms. The predicted octanol–water partition coefficient (Wildman–Crippen LogP) is 2.87. The fraction of sp³-hybridized carbons (Fsp3) is 0.357. The lowest BCUT2D eigenvalue weighted by Crippen LogP contribution is -2.42. The van der Waals surface area contributed by atoms with E-state index in [4.69, 9.17) is 11.6 Å². The van der Waals surface area contributed by atoms with Gasteiger partial charge >= 0.3 is 0 Å². The van der Waals surface area contributed by atoms with Gasteiger partial charge in [-0.15, -0.1) is 11.3 Å². The second kappa shape index (κ2) is 6.01. The number of halogens is 1. The zero-order valence-electron chi connectivity index (χ0n) is 10.6. The molecule has 0 amide bonds. The Morgan fingerprint density at radius 3 is 2.84 bits per heavy atom. The molecule has 0 atom stereocenters. The maximum absolute atomic E-state index is 6.21. The Hall–Kier alpha value is -0.940. The summed E-state index contributed by atoms with van der Waals surface area (Å²) >= 11 is 7.94. The van der Waals surface area contributed by atoms with Crippen molar-refractivity contribution in [3.8, 4) is 10.6 Å². The van der Waals surface area contributed by atoms with Crippen molar-refractivity contribution in [2.45, 2.75) is 6.54 Å². The summed E-state index contributed by atoms with van der Waals surface area (Å²) in [6, 6.07) is 7.88. The Morgan fingerprint density at radius 1 is 1.26 bits per heavy atom. The smallest absolute Gasteiger partial charge is 0.125 e. The Kier molecular flexibility index (Phi) is 4.13. The minimum atomic E-state index is 0.769. The topological polar surface area (TPSA) is 28.2 Å². The molecular weight excluding hydrogens is 278 g/mol. The summed E-state index contributed by atoms with van der Waals surface area (Å²) in [6.45, 7) is 5.37. The maximum atomic E-state index is 6.21. The van der Waals surface area contributed by atoms with E-state index in [1.54, 1.807) is 11.3 Å². The van der Waals surface area contributed by atoms with E-state index < -0.39 is 0 Å². The Balaban J connectivity index is 1.74. The van der Waals surface area contributed by atoms with Crippen molar-refractivity contribution in [3.63, 3.8) is 0 Å². The molecule has 0 radical (unpaired) electrons. The molecule has 1 aliphatic heterocycles. The zero-order valence-corrected chi connectivity index (χ0v) is 12.2. The Labute approximate surface area is 122 Å². The van der Waals surface area contributed by atoms with Crippen molar-refractivity contribution in [1.29, 1.82) is 0 Å². The minimum Gasteiger partial charge on any atom is -0.314 e. The highest BCUT2D eigenvalue weighted by molar-refractivity contribution is 7.15. The number of nitrogens with zero attached hydrogens (tertiary/aromatic N) is 2. The molecule has 1 saturated heterocycles. The highest BCUT2D eigenvalue weighted by Crippen LogP contribution is 2.31. The number of hydrogen-bond donors (Lipinski definition) is 1. The molecule has 0 saturated carbocycles. The molecule has 0 bridgehead atoms. The van der Waals surface area contributed by atoms with Crippen LogP contribution in [0.1, 0.15) is 4.88 Å². The first-order chi connectivity index (χ1) is 9.33. The third kappa shape index (κ3) is 3.15. The molecule has 3 rings (SSSR count). The summed E-state index contributed by atoms with van der Waals surface area (Å²) < 4.78 is 0. The van der Waals surface area contributed by atoms with Gasteiger partial charge in [0.1, 0.15) is 5.01 Å². The number of benzene rings is 1. The van der Waals surface area contributed by atoms with Gasteiger partial charge in [0.2, 0.25) is 0 Å². The van der Waals surface area contributed by atoms with Gasteiger partial charge in [-0.05, 0) is 6.07 Å². The molecule has 100 valence electrons. The third-order valence-electron chi connectivity index (χ3n) is 3.25. The highest BCUT2D eigenvalue weighted by atomic mass is 35.5. The summed E-state index contributed by atoms with van der Waals surface area (Å²) in [4.78, 5) is 8.27. The number of thiazole rings is 1. The van der Waals surface area contributed by atoms with Crippen LogP contribution in [-0.2, 0) is 6.54 Å². The van der Waals surface area contributed by atoms with Gasteiger partial charge in [0.05, 0.1) is 5.02 Å². The zero-order chi connectivity index (χ0) is 13.1. The van der Waals surface area contributed by atoms with Crippen molar-refractivity contribution in [3.05, 3.63) is 40.4 Å². The fourth-order valence-corrected chi connectivity index (χ4v) is 3.50. The largest absolute Gasteiger partial charge is 0.314 e. The molecule has 19 heavy (non-hydrogen) atoms. The Bertz CT molecular complexity index is 549. The van der Waals surface area contributed by atoms with Crippen LogP contribution in [0.3, 0.4) is 0 Å². The van der Waals surface area contributed by atoms with Gasteiger partial charge in [-0.2, -0.15) is 0 Å². The number of rotatable bonds is 3. The second-order valence-corrected chi connectivity index (χ2v) is 6.16. The summed E-state index contributed by atoms with van der Waals surface area (Å²) in [5.74, 6) is 0. The van der Waals surface area contributed by atoms with E-state index in [9.17, 15) is 0 Å². The van der Waals surface area contributed by atoms with Gasteiger partial charge in [-0.1, -0.05) is 29.8 Å². The SMILES string of the molecule is Clc1ccccc1-c1ncc(CN2CCNCC2)s1. The molecule has 2 heterocycles. The maximum Gasteiger partial charge on any atom is 0.125 e. The lowest BCUT2D eigenvalue weighted by molar-refractivity contribution is 0.235. The van der Waals surface area contributed by atoms with Crippen LogP contribution in [0.25, 0.3) is 10.6 Å². The lowest BCUT2D eigenvalue weighted by atomic mass is 10.2. The van der Waals surface area contributed by atoms with Crippen LogP contribution >= 0.6 is 22.9 Å². The number of hydrogen-bond acceptors (Lipinski definition) is 4. The van der Waals surface area contributed by atoms with Crippen molar-refractivity contribution < 1.29 is 0 Å². The van der Waals surface area contributed by atoms with Crippen molar-refractivity contribution in [2.75, 3.05) is 26.2 Å². The fourth-order valence-electron chi connectivity index (χ4n) is 2.23. The van der Waals surface area contributed by atoms with Gasteiger partial charge in [-0.3, -0.25) is 4.90 Å². The van der Waals surface area contributed by atoms with Crippen LogP contribution in [0.15, 0.2) is 30.5 Å². The van der Waals surface area contributed by atoms with E-state index in [-0.39, 0.29) is 0 Å². The van der Waals surface area contributed by atoms with E-state index in [0.29, 0.717) is 0 Å².